The molecular weight excluding hydrogens is 100 g/mol. The van der Waals surface area contributed by atoms with Gasteiger partial charge in [0.25, 0.3) is 0 Å². The quantitative estimate of drug-likeness (QED) is 0.497. The van der Waals surface area contributed by atoms with E-state index in [-0.39, 0.29) is 5.78 Å². The molecule has 0 saturated heterocycles. The van der Waals surface area contributed by atoms with Crippen LogP contribution < -0.4 is 0 Å². The monoisotopic (exact) mass is 108 g/mol. The van der Waals surface area contributed by atoms with E-state index < -0.39 is 0 Å². The van der Waals surface area contributed by atoms with E-state index in [2.05, 4.69) is 0 Å². The summed E-state index contributed by atoms with van der Waals surface area (Å²) in [5, 5.41) is 0. The molecule has 0 saturated carbocycles. The Hall–Kier alpha value is -0.850. The summed E-state index contributed by atoms with van der Waals surface area (Å²) >= 11 is 0. The predicted molar refractivity (Wildman–Crippen MR) is 32.5 cm³/mol. The number of carbonyl (C=O) groups is 1. The average molecular weight is 108 g/mol. The summed E-state index contributed by atoms with van der Waals surface area (Å²) in [4.78, 5) is 10.5. The summed E-state index contributed by atoms with van der Waals surface area (Å²) < 4.78 is 0. The molecule has 0 heterocycles. The normalized spacial score (nSPS) is 16.4. The van der Waals surface area contributed by atoms with Crippen molar-refractivity contribution in [3.63, 3.8) is 0 Å². The lowest BCUT2D eigenvalue weighted by atomic mass is 10.2. The van der Waals surface area contributed by atoms with E-state index in [1.165, 1.54) is 0 Å². The number of Topliss-reactive ketones (excluding diaryl/α,β-unsaturated/α-hetero) is 1. The zero-order valence-corrected chi connectivity index (χ0v) is 4.85. The van der Waals surface area contributed by atoms with Crippen LogP contribution in [-0.2, 0) is 4.79 Å². The van der Waals surface area contributed by atoms with Gasteiger partial charge in [-0.3, -0.25) is 4.79 Å². The lowest BCUT2D eigenvalue weighted by Crippen LogP contribution is -1.91. The van der Waals surface area contributed by atoms with Gasteiger partial charge in [-0.15, -0.1) is 0 Å². The molecule has 0 spiro atoms. The van der Waals surface area contributed by atoms with Crippen LogP contribution in [0.15, 0.2) is 23.8 Å². The van der Waals surface area contributed by atoms with Crippen LogP contribution in [0.4, 0.5) is 0 Å². The maximum absolute atomic E-state index is 10.5. The van der Waals surface area contributed by atoms with Crippen molar-refractivity contribution >= 4 is 5.78 Å². The van der Waals surface area contributed by atoms with E-state index in [4.69, 9.17) is 0 Å². The molecule has 0 aliphatic heterocycles. The molecule has 0 unspecified atom stereocenters. The lowest BCUT2D eigenvalue weighted by Gasteiger charge is -1.88. The molecule has 0 bridgehead atoms. The highest BCUT2D eigenvalue weighted by atomic mass is 16.1. The second kappa shape index (κ2) is 1.95. The van der Waals surface area contributed by atoms with Gasteiger partial charge < -0.3 is 0 Å². The number of hydrogen-bond donors (Lipinski definition) is 0. The molecule has 0 atom stereocenters. The third-order valence-electron chi connectivity index (χ3n) is 1.22. The molecule has 0 fully saturated rings. The predicted octanol–water partition coefficient (Wildman–Crippen LogP) is 1.46. The molecule has 1 rings (SSSR count). The van der Waals surface area contributed by atoms with Gasteiger partial charge in [0.2, 0.25) is 0 Å². The van der Waals surface area contributed by atoms with Crippen LogP contribution in [0.5, 0.6) is 0 Å². The van der Waals surface area contributed by atoms with E-state index in [9.17, 15) is 4.79 Å². The van der Waals surface area contributed by atoms with Crippen LogP contribution in [0.25, 0.3) is 0 Å². The first-order valence-electron chi connectivity index (χ1n) is 2.67. The van der Waals surface area contributed by atoms with Crippen molar-refractivity contribution in [3.8, 4) is 0 Å². The summed E-state index contributed by atoms with van der Waals surface area (Å²) in [6.45, 7) is 1.60. The summed E-state index contributed by atoms with van der Waals surface area (Å²) in [5.41, 5.74) is 0.921. The van der Waals surface area contributed by atoms with E-state index in [0.717, 1.165) is 12.0 Å². The maximum Gasteiger partial charge on any atom is 0.156 e. The minimum Gasteiger partial charge on any atom is -0.295 e. The summed E-state index contributed by atoms with van der Waals surface area (Å²) in [5.74, 6) is 0.190. The Morgan fingerprint density at radius 3 is 2.75 bits per heavy atom. The lowest BCUT2D eigenvalue weighted by molar-refractivity contribution is -0.113. The summed E-state index contributed by atoms with van der Waals surface area (Å²) in [6, 6.07) is 0. The van der Waals surface area contributed by atoms with Crippen LogP contribution in [0.2, 0.25) is 0 Å². The molecule has 0 aromatic carbocycles. The van der Waals surface area contributed by atoms with Crippen molar-refractivity contribution in [1.29, 1.82) is 0 Å². The maximum atomic E-state index is 10.5. The number of rotatable bonds is 1. The van der Waals surface area contributed by atoms with Gasteiger partial charge in [0.05, 0.1) is 0 Å². The molecule has 0 amide bonds. The Balaban J connectivity index is 2.64. The third-order valence-corrected chi connectivity index (χ3v) is 1.22. The van der Waals surface area contributed by atoms with Crippen molar-refractivity contribution < 1.29 is 4.79 Å². The van der Waals surface area contributed by atoms with Gasteiger partial charge in [0.1, 0.15) is 0 Å². The topological polar surface area (TPSA) is 17.1 Å². The number of ketones is 1. The van der Waals surface area contributed by atoms with E-state index in [1.807, 2.05) is 18.2 Å². The molecule has 0 aromatic rings. The zero-order chi connectivity index (χ0) is 5.98. The Kier molecular flexibility index (Phi) is 1.29. The first kappa shape index (κ1) is 5.29. The van der Waals surface area contributed by atoms with E-state index in [1.54, 1.807) is 6.92 Å². The van der Waals surface area contributed by atoms with Crippen LogP contribution in [0.3, 0.4) is 0 Å². The van der Waals surface area contributed by atoms with Gasteiger partial charge in [-0.25, -0.2) is 0 Å². The Labute approximate surface area is 48.7 Å². The van der Waals surface area contributed by atoms with Gasteiger partial charge in [-0.2, -0.15) is 0 Å². The fourth-order valence-corrected chi connectivity index (χ4v) is 0.708. The van der Waals surface area contributed by atoms with Gasteiger partial charge in [-0.1, -0.05) is 18.2 Å². The molecule has 0 aromatic heterocycles. The first-order valence-corrected chi connectivity index (χ1v) is 2.67. The molecule has 1 aliphatic carbocycles. The molecule has 8 heavy (non-hydrogen) atoms. The van der Waals surface area contributed by atoms with Gasteiger partial charge >= 0.3 is 0 Å². The molecule has 1 nitrogen and oxygen atoms in total. The minimum atomic E-state index is 0.190. The highest BCUT2D eigenvalue weighted by Gasteiger charge is 2.02. The number of allylic oxidation sites excluding steroid dienone is 4. The first-order chi connectivity index (χ1) is 3.80. The molecule has 1 heteroatoms. The fourth-order valence-electron chi connectivity index (χ4n) is 0.708. The smallest absolute Gasteiger partial charge is 0.156 e. The number of carbonyl (C=O) groups excluding carboxylic acids is 1. The average Bonchev–Trinajstić information content (AvgIpc) is 2.12. The zero-order valence-electron chi connectivity index (χ0n) is 4.85. The summed E-state index contributed by atoms with van der Waals surface area (Å²) in [7, 11) is 0. The van der Waals surface area contributed by atoms with Crippen molar-refractivity contribution in [2.45, 2.75) is 13.3 Å². The van der Waals surface area contributed by atoms with Crippen molar-refractivity contribution in [3.05, 3.63) is 23.8 Å². The largest absolute Gasteiger partial charge is 0.295 e. The van der Waals surface area contributed by atoms with Gasteiger partial charge in [-0.05, 0) is 18.9 Å². The minimum absolute atomic E-state index is 0.190. The fraction of sp³-hybridized carbons (Fsp3) is 0.286. The molecular formula is C7H8O. The Morgan fingerprint density at radius 1 is 1.75 bits per heavy atom. The standard InChI is InChI=1S/C7H8O/c1-6(8)7-4-2-3-5-7/h2-4H,5H2,1H3. The van der Waals surface area contributed by atoms with E-state index in [0.29, 0.717) is 0 Å². The second-order valence-electron chi connectivity index (χ2n) is 1.88. The Bertz CT molecular complexity index is 163. The molecule has 0 N–H and O–H groups in total. The van der Waals surface area contributed by atoms with Crippen molar-refractivity contribution in [1.82, 2.24) is 0 Å². The van der Waals surface area contributed by atoms with Crippen LogP contribution >= 0.6 is 0 Å². The van der Waals surface area contributed by atoms with Crippen LogP contribution in [0, 0.1) is 0 Å². The summed E-state index contributed by atoms with van der Waals surface area (Å²) in [6.07, 6.45) is 6.59. The van der Waals surface area contributed by atoms with Crippen LogP contribution in [0.1, 0.15) is 13.3 Å². The van der Waals surface area contributed by atoms with Crippen molar-refractivity contribution in [2.75, 3.05) is 0 Å². The SMILES string of the molecule is CC(=O)C1=CC=CC1. The van der Waals surface area contributed by atoms with Gasteiger partial charge in [0.15, 0.2) is 5.78 Å². The second-order valence-corrected chi connectivity index (χ2v) is 1.88. The van der Waals surface area contributed by atoms with Crippen LogP contribution in [-0.4, -0.2) is 5.78 Å². The molecule has 42 valence electrons. The Morgan fingerprint density at radius 2 is 2.50 bits per heavy atom. The molecule has 0 radical (unpaired) electrons. The highest BCUT2D eigenvalue weighted by molar-refractivity contribution is 5.94. The molecule has 1 aliphatic rings. The highest BCUT2D eigenvalue weighted by Crippen LogP contribution is 2.09. The third kappa shape index (κ3) is 0.861. The van der Waals surface area contributed by atoms with Crippen molar-refractivity contribution in [2.24, 2.45) is 0 Å². The van der Waals surface area contributed by atoms with E-state index >= 15 is 0 Å². The van der Waals surface area contributed by atoms with Gasteiger partial charge in [0, 0.05) is 0 Å². The number of hydrogen-bond acceptors (Lipinski definition) is 1.